The van der Waals surface area contributed by atoms with Crippen molar-refractivity contribution in [2.24, 2.45) is 5.41 Å². The molecule has 4 heteroatoms. The van der Waals surface area contributed by atoms with E-state index in [1.807, 2.05) is 6.92 Å². The van der Waals surface area contributed by atoms with Crippen molar-refractivity contribution in [3.8, 4) is 0 Å². The molecule has 0 radical (unpaired) electrons. The van der Waals surface area contributed by atoms with Crippen molar-refractivity contribution in [3.05, 3.63) is 0 Å². The van der Waals surface area contributed by atoms with Gasteiger partial charge in [0.15, 0.2) is 0 Å². The maximum absolute atomic E-state index is 12.1. The molecule has 0 aromatic heterocycles. The second kappa shape index (κ2) is 5.57. The standard InChI is InChI=1S/C14H26N2O2/c1-4-18-12-9-11(14(12,2)3)16-13(17)10-7-5-6-8-15-10/h10-12,15H,4-9H2,1-3H3,(H,16,17)/t10-,11?,12?/m0/s1. The summed E-state index contributed by atoms with van der Waals surface area (Å²) < 4.78 is 5.68. The molecule has 1 heterocycles. The molecule has 0 bridgehead atoms. The topological polar surface area (TPSA) is 50.4 Å². The molecule has 1 aliphatic carbocycles. The van der Waals surface area contributed by atoms with Crippen LogP contribution in [-0.4, -0.2) is 37.2 Å². The Morgan fingerprint density at radius 3 is 2.78 bits per heavy atom. The zero-order chi connectivity index (χ0) is 13.2. The minimum Gasteiger partial charge on any atom is -0.378 e. The van der Waals surface area contributed by atoms with Gasteiger partial charge in [-0.25, -0.2) is 0 Å². The van der Waals surface area contributed by atoms with Crippen LogP contribution in [0.5, 0.6) is 0 Å². The predicted octanol–water partition coefficient (Wildman–Crippen LogP) is 1.45. The van der Waals surface area contributed by atoms with Crippen molar-refractivity contribution in [3.63, 3.8) is 0 Å². The highest BCUT2D eigenvalue weighted by atomic mass is 16.5. The number of carbonyl (C=O) groups is 1. The summed E-state index contributed by atoms with van der Waals surface area (Å²) in [5.41, 5.74) is 0.0559. The lowest BCUT2D eigenvalue weighted by Gasteiger charge is -2.52. The van der Waals surface area contributed by atoms with Crippen LogP contribution in [0.4, 0.5) is 0 Å². The number of nitrogens with one attached hydrogen (secondary N) is 2. The Balaban J connectivity index is 1.81. The summed E-state index contributed by atoms with van der Waals surface area (Å²) in [6.07, 6.45) is 4.53. The molecular formula is C14H26N2O2. The lowest BCUT2D eigenvalue weighted by atomic mass is 9.64. The van der Waals surface area contributed by atoms with Crippen molar-refractivity contribution in [2.75, 3.05) is 13.2 Å². The second-order valence-electron chi connectivity index (χ2n) is 6.06. The molecule has 4 nitrogen and oxygen atoms in total. The molecular weight excluding hydrogens is 228 g/mol. The smallest absolute Gasteiger partial charge is 0.237 e. The number of amides is 1. The van der Waals surface area contributed by atoms with Gasteiger partial charge in [-0.2, -0.15) is 0 Å². The Kier molecular flexibility index (Phi) is 4.28. The maximum atomic E-state index is 12.1. The average molecular weight is 254 g/mol. The molecule has 2 fully saturated rings. The summed E-state index contributed by atoms with van der Waals surface area (Å²) in [7, 11) is 0. The quantitative estimate of drug-likeness (QED) is 0.798. The molecule has 1 aliphatic heterocycles. The van der Waals surface area contributed by atoms with Gasteiger partial charge in [0.2, 0.25) is 5.91 Å². The highest BCUT2D eigenvalue weighted by molar-refractivity contribution is 5.82. The number of ether oxygens (including phenoxy) is 1. The fourth-order valence-electron chi connectivity index (χ4n) is 2.96. The number of piperidine rings is 1. The minimum atomic E-state index is 0.0145. The van der Waals surface area contributed by atoms with Crippen molar-refractivity contribution in [2.45, 2.75) is 64.6 Å². The van der Waals surface area contributed by atoms with Crippen LogP contribution in [0.25, 0.3) is 0 Å². The molecule has 3 atom stereocenters. The Bertz CT molecular complexity index is 298. The first kappa shape index (κ1) is 13.8. The fraction of sp³-hybridized carbons (Fsp3) is 0.929. The van der Waals surface area contributed by atoms with Crippen LogP contribution in [0, 0.1) is 5.41 Å². The van der Waals surface area contributed by atoms with Crippen molar-refractivity contribution in [1.29, 1.82) is 0 Å². The summed E-state index contributed by atoms with van der Waals surface area (Å²) in [6, 6.07) is 0.269. The summed E-state index contributed by atoms with van der Waals surface area (Å²) >= 11 is 0. The van der Waals surface area contributed by atoms with Crippen LogP contribution in [-0.2, 0) is 9.53 Å². The SMILES string of the molecule is CCOC1CC(NC(=O)[C@@H]2CCCCN2)C1(C)C. The summed E-state index contributed by atoms with van der Waals surface area (Å²) in [6.45, 7) is 8.09. The van der Waals surface area contributed by atoms with E-state index >= 15 is 0 Å². The zero-order valence-electron chi connectivity index (χ0n) is 11.8. The van der Waals surface area contributed by atoms with E-state index in [0.29, 0.717) is 0 Å². The van der Waals surface area contributed by atoms with Crippen LogP contribution < -0.4 is 10.6 Å². The lowest BCUT2D eigenvalue weighted by molar-refractivity contribution is -0.138. The van der Waals surface area contributed by atoms with E-state index in [4.69, 9.17) is 4.74 Å². The van der Waals surface area contributed by atoms with Gasteiger partial charge in [-0.05, 0) is 32.7 Å². The number of hydrogen-bond donors (Lipinski definition) is 2. The van der Waals surface area contributed by atoms with E-state index in [9.17, 15) is 4.79 Å². The normalized spacial score (nSPS) is 34.7. The van der Waals surface area contributed by atoms with Gasteiger partial charge in [-0.1, -0.05) is 20.3 Å². The third kappa shape index (κ3) is 2.69. The van der Waals surface area contributed by atoms with E-state index in [2.05, 4.69) is 24.5 Å². The number of carbonyl (C=O) groups excluding carboxylic acids is 1. The third-order valence-corrected chi connectivity index (χ3v) is 4.49. The Hall–Kier alpha value is -0.610. The highest BCUT2D eigenvalue weighted by Crippen LogP contribution is 2.42. The van der Waals surface area contributed by atoms with Gasteiger partial charge in [-0.15, -0.1) is 0 Å². The van der Waals surface area contributed by atoms with Crippen LogP contribution >= 0.6 is 0 Å². The number of hydrogen-bond acceptors (Lipinski definition) is 3. The molecule has 2 aliphatic rings. The molecule has 0 aromatic carbocycles. The third-order valence-electron chi connectivity index (χ3n) is 4.49. The van der Waals surface area contributed by atoms with Gasteiger partial charge in [0, 0.05) is 18.1 Å². The second-order valence-corrected chi connectivity index (χ2v) is 6.06. The Morgan fingerprint density at radius 1 is 1.44 bits per heavy atom. The first-order chi connectivity index (χ1) is 8.55. The first-order valence-electron chi connectivity index (χ1n) is 7.21. The first-order valence-corrected chi connectivity index (χ1v) is 7.21. The van der Waals surface area contributed by atoms with Gasteiger partial charge >= 0.3 is 0 Å². The van der Waals surface area contributed by atoms with Crippen LogP contribution in [0.1, 0.15) is 46.5 Å². The van der Waals surface area contributed by atoms with E-state index in [1.54, 1.807) is 0 Å². The van der Waals surface area contributed by atoms with Crippen molar-refractivity contribution < 1.29 is 9.53 Å². The molecule has 0 aromatic rings. The minimum absolute atomic E-state index is 0.0145. The maximum Gasteiger partial charge on any atom is 0.237 e. The van der Waals surface area contributed by atoms with E-state index in [0.717, 1.165) is 32.4 Å². The van der Waals surface area contributed by atoms with Gasteiger partial charge in [0.25, 0.3) is 0 Å². The van der Waals surface area contributed by atoms with E-state index < -0.39 is 0 Å². The highest BCUT2D eigenvalue weighted by Gasteiger charge is 2.49. The molecule has 2 unspecified atom stereocenters. The molecule has 0 spiro atoms. The average Bonchev–Trinajstić information content (AvgIpc) is 2.38. The summed E-state index contributed by atoms with van der Waals surface area (Å²) in [5.74, 6) is 0.169. The van der Waals surface area contributed by atoms with Gasteiger partial charge in [0.1, 0.15) is 0 Å². The van der Waals surface area contributed by atoms with Crippen LogP contribution in [0.3, 0.4) is 0 Å². The van der Waals surface area contributed by atoms with Crippen molar-refractivity contribution in [1.82, 2.24) is 10.6 Å². The lowest BCUT2D eigenvalue weighted by Crippen LogP contribution is -2.64. The predicted molar refractivity (Wildman–Crippen MR) is 71.4 cm³/mol. The van der Waals surface area contributed by atoms with E-state index in [-0.39, 0.29) is 29.5 Å². The molecule has 1 saturated heterocycles. The molecule has 1 amide bonds. The Labute approximate surface area is 110 Å². The van der Waals surface area contributed by atoms with Crippen LogP contribution in [0.15, 0.2) is 0 Å². The van der Waals surface area contributed by atoms with Gasteiger partial charge in [-0.3, -0.25) is 4.79 Å². The zero-order valence-corrected chi connectivity index (χ0v) is 11.8. The molecule has 2 rings (SSSR count). The molecule has 18 heavy (non-hydrogen) atoms. The Morgan fingerprint density at radius 2 is 2.22 bits per heavy atom. The molecule has 1 saturated carbocycles. The molecule has 104 valence electrons. The monoisotopic (exact) mass is 254 g/mol. The largest absolute Gasteiger partial charge is 0.378 e. The van der Waals surface area contributed by atoms with Crippen LogP contribution in [0.2, 0.25) is 0 Å². The number of rotatable bonds is 4. The van der Waals surface area contributed by atoms with E-state index in [1.165, 1.54) is 6.42 Å². The van der Waals surface area contributed by atoms with Crippen molar-refractivity contribution >= 4 is 5.91 Å². The summed E-state index contributed by atoms with van der Waals surface area (Å²) in [4.78, 5) is 12.1. The fourth-order valence-corrected chi connectivity index (χ4v) is 2.96. The van der Waals surface area contributed by atoms with Gasteiger partial charge in [0.05, 0.1) is 12.1 Å². The summed E-state index contributed by atoms with van der Waals surface area (Å²) in [5, 5.41) is 6.48. The molecule has 2 N–H and O–H groups in total. The van der Waals surface area contributed by atoms with Gasteiger partial charge < -0.3 is 15.4 Å².